The first kappa shape index (κ1) is 24.8. The van der Waals surface area contributed by atoms with Gasteiger partial charge in [0.05, 0.1) is 24.7 Å². The van der Waals surface area contributed by atoms with Gasteiger partial charge in [0.25, 0.3) is 5.91 Å². The first-order chi connectivity index (χ1) is 17.8. The summed E-state index contributed by atoms with van der Waals surface area (Å²) in [6.07, 6.45) is 2.11. The van der Waals surface area contributed by atoms with Crippen LogP contribution in [0.25, 0.3) is 11.0 Å². The highest BCUT2D eigenvalue weighted by molar-refractivity contribution is 7.71. The summed E-state index contributed by atoms with van der Waals surface area (Å²) in [6, 6.07) is 9.10. The maximum atomic E-state index is 12.9. The lowest BCUT2D eigenvalue weighted by Gasteiger charge is -2.38. The van der Waals surface area contributed by atoms with Crippen LogP contribution in [0.15, 0.2) is 30.3 Å². The Kier molecular flexibility index (Phi) is 6.88. The summed E-state index contributed by atoms with van der Waals surface area (Å²) in [5.41, 5.74) is 4.83. The van der Waals surface area contributed by atoms with Crippen LogP contribution >= 0.6 is 12.2 Å². The van der Waals surface area contributed by atoms with Crippen molar-refractivity contribution in [3.63, 3.8) is 0 Å². The summed E-state index contributed by atoms with van der Waals surface area (Å²) in [7, 11) is 1.63. The average Bonchev–Trinajstić information content (AvgIpc) is 3.20. The SMILES string of the molecule is COc1ccc2c(c1)CCN(C1CCN(C(=O)CNC(=O)c3cc(C)c4[nH]c(=S)[nH]c4c3)CC1)C(=O)N2. The molecule has 0 radical (unpaired) electrons. The number of aryl methyl sites for hydroxylation is 1. The lowest BCUT2D eigenvalue weighted by atomic mass is 10.0. The van der Waals surface area contributed by atoms with Gasteiger partial charge < -0.3 is 35.1 Å². The number of aromatic nitrogens is 2. The molecule has 0 atom stereocenters. The first-order valence-corrected chi connectivity index (χ1v) is 12.8. The number of nitrogens with one attached hydrogen (secondary N) is 4. The molecule has 3 aromatic rings. The van der Waals surface area contributed by atoms with Crippen molar-refractivity contribution in [2.45, 2.75) is 32.2 Å². The molecule has 2 aliphatic rings. The van der Waals surface area contributed by atoms with Gasteiger partial charge in [-0.1, -0.05) is 0 Å². The summed E-state index contributed by atoms with van der Waals surface area (Å²) in [5, 5.41) is 5.75. The highest BCUT2D eigenvalue weighted by Gasteiger charge is 2.31. The number of ether oxygens (including phenoxy) is 1. The number of aromatic amines is 2. The quantitative estimate of drug-likeness (QED) is 0.383. The van der Waals surface area contributed by atoms with Crippen molar-refractivity contribution in [2.24, 2.45) is 0 Å². The minimum absolute atomic E-state index is 0.0522. The van der Waals surface area contributed by atoms with E-state index in [2.05, 4.69) is 20.6 Å². The summed E-state index contributed by atoms with van der Waals surface area (Å²) in [5.74, 6) is 0.320. The number of anilines is 1. The number of fused-ring (bicyclic) bond motifs is 2. The highest BCUT2D eigenvalue weighted by Crippen LogP contribution is 2.27. The highest BCUT2D eigenvalue weighted by atomic mass is 32.1. The number of carbonyl (C=O) groups is 3. The van der Waals surface area contributed by atoms with Crippen molar-refractivity contribution >= 4 is 46.8 Å². The van der Waals surface area contributed by atoms with E-state index in [1.807, 2.05) is 30.0 Å². The lowest BCUT2D eigenvalue weighted by Crippen LogP contribution is -2.51. The Morgan fingerprint density at radius 3 is 2.68 bits per heavy atom. The third-order valence-electron chi connectivity index (χ3n) is 7.18. The molecule has 2 aromatic carbocycles. The summed E-state index contributed by atoms with van der Waals surface area (Å²) in [6.45, 7) is 3.50. The van der Waals surface area contributed by atoms with Crippen LogP contribution in [-0.4, -0.2) is 76.9 Å². The van der Waals surface area contributed by atoms with Crippen LogP contribution in [0.5, 0.6) is 5.75 Å². The molecule has 1 aromatic heterocycles. The molecule has 0 aliphatic carbocycles. The number of likely N-dealkylation sites (tertiary alicyclic amines) is 1. The minimum atomic E-state index is -0.314. The number of imidazole rings is 1. The van der Waals surface area contributed by atoms with Gasteiger partial charge in [-0.05, 0) is 79.9 Å². The van der Waals surface area contributed by atoms with E-state index in [9.17, 15) is 14.4 Å². The molecule has 5 rings (SSSR count). The van der Waals surface area contributed by atoms with Crippen LogP contribution in [-0.2, 0) is 11.2 Å². The van der Waals surface area contributed by atoms with Crippen LogP contribution in [0.1, 0.15) is 34.3 Å². The van der Waals surface area contributed by atoms with Crippen molar-refractivity contribution in [3.8, 4) is 5.75 Å². The van der Waals surface area contributed by atoms with Crippen LogP contribution in [0, 0.1) is 11.7 Å². The predicted octanol–water partition coefficient (Wildman–Crippen LogP) is 3.35. The number of methoxy groups -OCH3 is 1. The molecule has 11 heteroatoms. The summed E-state index contributed by atoms with van der Waals surface area (Å²) >= 11 is 5.14. The van der Waals surface area contributed by atoms with Gasteiger partial charge in [-0.2, -0.15) is 0 Å². The molecular formula is C26H30N6O4S. The van der Waals surface area contributed by atoms with Gasteiger partial charge in [0.15, 0.2) is 4.77 Å². The van der Waals surface area contributed by atoms with Crippen LogP contribution < -0.4 is 15.4 Å². The molecule has 1 fully saturated rings. The fraction of sp³-hybridized carbons (Fsp3) is 0.385. The van der Waals surface area contributed by atoms with Crippen molar-refractivity contribution < 1.29 is 19.1 Å². The number of rotatable bonds is 5. The molecule has 1 saturated heterocycles. The Bertz CT molecular complexity index is 1420. The molecule has 3 heterocycles. The molecule has 4 N–H and O–H groups in total. The lowest BCUT2D eigenvalue weighted by molar-refractivity contribution is -0.131. The van der Waals surface area contributed by atoms with Gasteiger partial charge in [0, 0.05) is 36.9 Å². The number of hydrogen-bond acceptors (Lipinski definition) is 5. The standard InChI is InChI=1S/C26H30N6O4S/c1-15-11-17(13-21-23(15)30-25(37)28-21)24(34)27-14-22(33)31-8-6-18(7-9-31)32-10-5-16-12-19(36-2)3-4-20(16)29-26(32)35/h3-4,11-13,18H,5-10,14H2,1-2H3,(H,27,34)(H,29,35)(H2,28,30,37). The van der Waals surface area contributed by atoms with E-state index < -0.39 is 0 Å². The van der Waals surface area contributed by atoms with Crippen molar-refractivity contribution in [1.82, 2.24) is 25.1 Å². The van der Waals surface area contributed by atoms with Gasteiger partial charge in [0.2, 0.25) is 5.91 Å². The zero-order valence-electron chi connectivity index (χ0n) is 20.8. The first-order valence-electron chi connectivity index (χ1n) is 12.4. The molecule has 4 amide bonds. The van der Waals surface area contributed by atoms with Crippen molar-refractivity contribution in [3.05, 3.63) is 51.8 Å². The fourth-order valence-electron chi connectivity index (χ4n) is 5.15. The smallest absolute Gasteiger partial charge is 0.322 e. The number of hydrogen-bond donors (Lipinski definition) is 4. The average molecular weight is 523 g/mol. The molecule has 2 aliphatic heterocycles. The van der Waals surface area contributed by atoms with Gasteiger partial charge in [-0.3, -0.25) is 9.59 Å². The minimum Gasteiger partial charge on any atom is -0.497 e. The Morgan fingerprint density at radius 2 is 1.92 bits per heavy atom. The van der Waals surface area contributed by atoms with Crippen LogP contribution in [0.4, 0.5) is 10.5 Å². The number of amides is 4. The number of H-pyrrole nitrogens is 2. The van der Waals surface area contributed by atoms with E-state index in [0.717, 1.165) is 40.0 Å². The predicted molar refractivity (Wildman–Crippen MR) is 143 cm³/mol. The van der Waals surface area contributed by atoms with E-state index >= 15 is 0 Å². The van der Waals surface area contributed by atoms with E-state index in [4.69, 9.17) is 17.0 Å². The third-order valence-corrected chi connectivity index (χ3v) is 7.38. The summed E-state index contributed by atoms with van der Waals surface area (Å²) in [4.78, 5) is 48.1. The Labute approximate surface area is 219 Å². The number of carbonyl (C=O) groups excluding carboxylic acids is 3. The normalized spacial score (nSPS) is 16.2. The second-order valence-electron chi connectivity index (χ2n) is 9.49. The molecule has 0 spiro atoms. The molecule has 0 bridgehead atoms. The molecular weight excluding hydrogens is 492 g/mol. The van der Waals surface area contributed by atoms with Gasteiger partial charge in [-0.25, -0.2) is 4.79 Å². The van der Waals surface area contributed by atoms with E-state index in [1.165, 1.54) is 0 Å². The monoisotopic (exact) mass is 522 g/mol. The molecule has 10 nitrogen and oxygen atoms in total. The maximum Gasteiger partial charge on any atom is 0.322 e. The van der Waals surface area contributed by atoms with Crippen LogP contribution in [0.3, 0.4) is 0 Å². The zero-order chi connectivity index (χ0) is 26.1. The Balaban J connectivity index is 1.14. The van der Waals surface area contributed by atoms with E-state index in [0.29, 0.717) is 42.8 Å². The van der Waals surface area contributed by atoms with E-state index in [1.54, 1.807) is 24.1 Å². The molecule has 194 valence electrons. The topological polar surface area (TPSA) is 123 Å². The summed E-state index contributed by atoms with van der Waals surface area (Å²) < 4.78 is 5.81. The van der Waals surface area contributed by atoms with Gasteiger partial charge >= 0.3 is 6.03 Å². The second-order valence-corrected chi connectivity index (χ2v) is 9.89. The molecule has 0 unspecified atom stereocenters. The van der Waals surface area contributed by atoms with Crippen LogP contribution in [0.2, 0.25) is 0 Å². The van der Waals surface area contributed by atoms with E-state index in [-0.39, 0.29) is 30.4 Å². The van der Waals surface area contributed by atoms with Gasteiger partial charge in [-0.15, -0.1) is 0 Å². The van der Waals surface area contributed by atoms with Crippen molar-refractivity contribution in [1.29, 1.82) is 0 Å². The second kappa shape index (κ2) is 10.3. The maximum absolute atomic E-state index is 12.9. The van der Waals surface area contributed by atoms with Crippen molar-refractivity contribution in [2.75, 3.05) is 38.6 Å². The molecule has 0 saturated carbocycles. The number of urea groups is 1. The Morgan fingerprint density at radius 1 is 1.14 bits per heavy atom. The number of nitrogens with zero attached hydrogens (tertiary/aromatic N) is 2. The van der Waals surface area contributed by atoms with Gasteiger partial charge in [0.1, 0.15) is 5.75 Å². The number of benzene rings is 2. The fourth-order valence-corrected chi connectivity index (χ4v) is 5.36. The zero-order valence-corrected chi connectivity index (χ0v) is 21.7. The Hall–Kier alpha value is -3.86. The number of piperidine rings is 1. The molecule has 37 heavy (non-hydrogen) atoms. The third kappa shape index (κ3) is 5.17. The largest absolute Gasteiger partial charge is 0.497 e.